The average molecular weight is 210 g/mol. The Morgan fingerprint density at radius 2 is 2.47 bits per heavy atom. The van der Waals surface area contributed by atoms with E-state index < -0.39 is 0 Å². The van der Waals surface area contributed by atoms with Crippen molar-refractivity contribution in [3.63, 3.8) is 0 Å². The van der Waals surface area contributed by atoms with Gasteiger partial charge in [0.05, 0.1) is 12.7 Å². The largest absolute Gasteiger partial charge is 0.355 e. The summed E-state index contributed by atoms with van der Waals surface area (Å²) in [5.41, 5.74) is 3.58. The van der Waals surface area contributed by atoms with Gasteiger partial charge in [-0.25, -0.2) is 10.8 Å². The van der Waals surface area contributed by atoms with Crippen LogP contribution in [0.15, 0.2) is 17.4 Å². The van der Waals surface area contributed by atoms with Crippen molar-refractivity contribution in [2.24, 2.45) is 17.9 Å². The van der Waals surface area contributed by atoms with Gasteiger partial charge in [-0.05, 0) is 6.42 Å². The quantitative estimate of drug-likeness (QED) is 0.277. The van der Waals surface area contributed by atoms with Crippen molar-refractivity contribution in [3.05, 3.63) is 18.0 Å². The molecule has 1 aromatic rings. The van der Waals surface area contributed by atoms with Gasteiger partial charge in [-0.1, -0.05) is 6.92 Å². The van der Waals surface area contributed by atoms with Crippen LogP contribution >= 0.6 is 0 Å². The molecule has 0 saturated heterocycles. The summed E-state index contributed by atoms with van der Waals surface area (Å²) in [7, 11) is 1.88. The summed E-state index contributed by atoms with van der Waals surface area (Å²) < 4.78 is 1.75. The molecule has 6 nitrogen and oxygen atoms in total. The number of hydrazine groups is 1. The lowest BCUT2D eigenvalue weighted by Gasteiger charge is -2.06. The van der Waals surface area contributed by atoms with Gasteiger partial charge in [0.15, 0.2) is 0 Å². The lowest BCUT2D eigenvalue weighted by molar-refractivity contribution is 0.766. The highest BCUT2D eigenvalue weighted by atomic mass is 15.3. The molecule has 84 valence electrons. The molecule has 1 rings (SSSR count). The molecule has 0 unspecified atom stereocenters. The zero-order chi connectivity index (χ0) is 11.1. The van der Waals surface area contributed by atoms with Gasteiger partial charge < -0.3 is 5.32 Å². The molecule has 15 heavy (non-hydrogen) atoms. The molecule has 0 radical (unpaired) electrons. The van der Waals surface area contributed by atoms with Crippen LogP contribution in [0, 0.1) is 0 Å². The van der Waals surface area contributed by atoms with Crippen LogP contribution in [-0.4, -0.2) is 22.3 Å². The lowest BCUT2D eigenvalue weighted by atomic mass is 10.4. The van der Waals surface area contributed by atoms with Gasteiger partial charge in [-0.15, -0.1) is 0 Å². The Balaban J connectivity index is 2.46. The van der Waals surface area contributed by atoms with Gasteiger partial charge in [-0.3, -0.25) is 10.1 Å². The highest BCUT2D eigenvalue weighted by Crippen LogP contribution is 1.97. The first-order chi connectivity index (χ1) is 7.26. The zero-order valence-corrected chi connectivity index (χ0v) is 9.20. The fourth-order valence-electron chi connectivity index (χ4n) is 1.12. The number of aliphatic imine (C=N–C) groups is 1. The summed E-state index contributed by atoms with van der Waals surface area (Å²) in [4.78, 5) is 4.28. The van der Waals surface area contributed by atoms with E-state index in [2.05, 4.69) is 27.8 Å². The number of nitrogens with one attached hydrogen (secondary N) is 2. The van der Waals surface area contributed by atoms with Crippen LogP contribution in [0.3, 0.4) is 0 Å². The number of nitrogens with zero attached hydrogens (tertiary/aromatic N) is 3. The second-order valence-corrected chi connectivity index (χ2v) is 3.26. The molecule has 0 spiro atoms. The maximum Gasteiger partial charge on any atom is 0.206 e. The predicted molar refractivity (Wildman–Crippen MR) is 60.0 cm³/mol. The molecule has 0 fully saturated rings. The monoisotopic (exact) mass is 210 g/mol. The molecule has 0 aliphatic carbocycles. The summed E-state index contributed by atoms with van der Waals surface area (Å²) in [6.45, 7) is 3.52. The molecule has 6 heteroatoms. The number of aromatic nitrogens is 2. The molecule has 0 amide bonds. The van der Waals surface area contributed by atoms with E-state index in [1.165, 1.54) is 0 Å². The van der Waals surface area contributed by atoms with Gasteiger partial charge in [-0.2, -0.15) is 5.10 Å². The van der Waals surface area contributed by atoms with Crippen molar-refractivity contribution >= 4 is 5.96 Å². The average Bonchev–Trinajstić information content (AvgIpc) is 2.65. The summed E-state index contributed by atoms with van der Waals surface area (Å²) in [5, 5.41) is 7.14. The zero-order valence-electron chi connectivity index (χ0n) is 9.20. The molecule has 0 atom stereocenters. The summed E-state index contributed by atoms with van der Waals surface area (Å²) in [6, 6.07) is 0. The van der Waals surface area contributed by atoms with E-state index in [0.717, 1.165) is 18.5 Å². The molecule has 0 aromatic carbocycles. The van der Waals surface area contributed by atoms with Gasteiger partial charge in [0.25, 0.3) is 0 Å². The van der Waals surface area contributed by atoms with Crippen LogP contribution in [0.2, 0.25) is 0 Å². The number of aryl methyl sites for hydroxylation is 1. The Kier molecular flexibility index (Phi) is 4.62. The summed E-state index contributed by atoms with van der Waals surface area (Å²) in [5.74, 6) is 5.93. The van der Waals surface area contributed by atoms with Crippen LogP contribution < -0.4 is 16.6 Å². The van der Waals surface area contributed by atoms with E-state index in [9.17, 15) is 0 Å². The molecule has 0 bridgehead atoms. The predicted octanol–water partition coefficient (Wildman–Crippen LogP) is -0.261. The minimum absolute atomic E-state index is 0.573. The van der Waals surface area contributed by atoms with E-state index in [1.54, 1.807) is 10.9 Å². The van der Waals surface area contributed by atoms with Crippen LogP contribution in [0.4, 0.5) is 0 Å². The maximum absolute atomic E-state index is 5.32. The van der Waals surface area contributed by atoms with E-state index >= 15 is 0 Å². The van der Waals surface area contributed by atoms with Gasteiger partial charge >= 0.3 is 0 Å². The van der Waals surface area contributed by atoms with Crippen LogP contribution in [0.5, 0.6) is 0 Å². The molecule has 4 N–H and O–H groups in total. The van der Waals surface area contributed by atoms with Gasteiger partial charge in [0.1, 0.15) is 0 Å². The topological polar surface area (TPSA) is 80.3 Å². The molecular weight excluding hydrogens is 192 g/mol. The van der Waals surface area contributed by atoms with Crippen molar-refractivity contribution < 1.29 is 0 Å². The number of hydrogen-bond acceptors (Lipinski definition) is 3. The second kappa shape index (κ2) is 6.02. The lowest BCUT2D eigenvalue weighted by Crippen LogP contribution is -2.41. The number of nitrogens with two attached hydrogens (primary N) is 1. The first-order valence-electron chi connectivity index (χ1n) is 4.98. The fraction of sp³-hybridized carbons (Fsp3) is 0.556. The molecule has 0 saturated carbocycles. The number of hydrogen-bond donors (Lipinski definition) is 3. The molecule has 1 heterocycles. The normalized spacial score (nSPS) is 11.5. The molecule has 0 aliphatic heterocycles. The van der Waals surface area contributed by atoms with Crippen molar-refractivity contribution in [1.29, 1.82) is 0 Å². The van der Waals surface area contributed by atoms with E-state index in [4.69, 9.17) is 5.84 Å². The van der Waals surface area contributed by atoms with Gasteiger partial charge in [0, 0.05) is 25.4 Å². The van der Waals surface area contributed by atoms with E-state index in [-0.39, 0.29) is 0 Å². The van der Waals surface area contributed by atoms with E-state index in [1.807, 2.05) is 13.2 Å². The van der Waals surface area contributed by atoms with E-state index in [0.29, 0.717) is 12.5 Å². The summed E-state index contributed by atoms with van der Waals surface area (Å²) >= 11 is 0. The first kappa shape index (κ1) is 11.5. The molecule has 1 aromatic heterocycles. The smallest absolute Gasteiger partial charge is 0.206 e. The Bertz CT molecular complexity index is 316. The SMILES string of the molecule is CCCNC(=NCc1cnn(C)c1)NN. The minimum Gasteiger partial charge on any atom is -0.355 e. The third-order valence-corrected chi connectivity index (χ3v) is 1.86. The first-order valence-corrected chi connectivity index (χ1v) is 4.98. The summed E-state index contributed by atoms with van der Waals surface area (Å²) in [6.07, 6.45) is 4.75. The standard InChI is InChI=1S/C9H18N6/c1-3-4-11-9(14-10)12-5-8-6-13-15(2)7-8/h6-7H,3-5,10H2,1-2H3,(H2,11,12,14). The number of rotatable bonds is 4. The molecular formula is C9H18N6. The van der Waals surface area contributed by atoms with Crippen molar-refractivity contribution in [2.75, 3.05) is 6.54 Å². The van der Waals surface area contributed by atoms with Crippen LogP contribution in [-0.2, 0) is 13.6 Å². The third-order valence-electron chi connectivity index (χ3n) is 1.86. The van der Waals surface area contributed by atoms with Crippen molar-refractivity contribution in [3.8, 4) is 0 Å². The Morgan fingerprint density at radius 3 is 3.00 bits per heavy atom. The maximum atomic E-state index is 5.32. The highest BCUT2D eigenvalue weighted by Gasteiger charge is 1.96. The fourth-order valence-corrected chi connectivity index (χ4v) is 1.12. The number of guanidine groups is 1. The Labute approximate surface area is 89.5 Å². The van der Waals surface area contributed by atoms with Crippen LogP contribution in [0.25, 0.3) is 0 Å². The Morgan fingerprint density at radius 1 is 1.67 bits per heavy atom. The van der Waals surface area contributed by atoms with Gasteiger partial charge in [0.2, 0.25) is 5.96 Å². The van der Waals surface area contributed by atoms with Crippen LogP contribution in [0.1, 0.15) is 18.9 Å². The molecule has 0 aliphatic rings. The second-order valence-electron chi connectivity index (χ2n) is 3.26. The minimum atomic E-state index is 0.573. The third kappa shape index (κ3) is 3.99. The van der Waals surface area contributed by atoms with Crippen molar-refractivity contribution in [1.82, 2.24) is 20.5 Å². The Hall–Kier alpha value is -1.56. The van der Waals surface area contributed by atoms with Crippen molar-refractivity contribution in [2.45, 2.75) is 19.9 Å². The highest BCUT2D eigenvalue weighted by molar-refractivity contribution is 5.79.